The maximum atomic E-state index is 12.5. The Balaban J connectivity index is 1.74. The van der Waals surface area contributed by atoms with Crippen molar-refractivity contribution in [1.82, 2.24) is 5.43 Å². The molecular weight excluding hydrogens is 451 g/mol. The third-order valence-corrected chi connectivity index (χ3v) is 4.94. The maximum Gasteiger partial charge on any atom is 0.345 e. The monoisotopic (exact) mass is 470 g/mol. The lowest BCUT2D eigenvalue weighted by atomic mass is 10.1. The van der Waals surface area contributed by atoms with Crippen molar-refractivity contribution in [2.24, 2.45) is 5.10 Å². The van der Waals surface area contributed by atoms with Gasteiger partial charge < -0.3 is 9.47 Å². The zero-order valence-corrected chi connectivity index (χ0v) is 18.9. The van der Waals surface area contributed by atoms with Gasteiger partial charge in [0.2, 0.25) is 0 Å². The molecule has 0 saturated heterocycles. The highest BCUT2D eigenvalue weighted by Crippen LogP contribution is 2.30. The highest BCUT2D eigenvalue weighted by Gasteiger charge is 2.16. The van der Waals surface area contributed by atoms with E-state index in [2.05, 4.69) is 10.5 Å². The number of amides is 1. The van der Waals surface area contributed by atoms with E-state index >= 15 is 0 Å². The van der Waals surface area contributed by atoms with Gasteiger partial charge in [0, 0.05) is 10.6 Å². The molecular formula is C24H20Cl2N2O4. The van der Waals surface area contributed by atoms with Crippen LogP contribution in [0.15, 0.2) is 65.8 Å². The van der Waals surface area contributed by atoms with E-state index < -0.39 is 5.97 Å². The Morgan fingerprint density at radius 3 is 2.50 bits per heavy atom. The number of esters is 1. The average molecular weight is 471 g/mol. The Bertz CT molecular complexity index is 1180. The molecule has 0 spiro atoms. The van der Waals surface area contributed by atoms with Crippen molar-refractivity contribution in [3.05, 3.63) is 93.0 Å². The molecule has 0 aromatic heterocycles. The van der Waals surface area contributed by atoms with Gasteiger partial charge in [-0.2, -0.15) is 5.10 Å². The van der Waals surface area contributed by atoms with Crippen molar-refractivity contribution >= 4 is 41.3 Å². The molecule has 6 nitrogen and oxygen atoms in total. The minimum atomic E-state index is -0.639. The molecule has 32 heavy (non-hydrogen) atoms. The molecule has 3 rings (SSSR count). The number of carbonyl (C=O) groups is 2. The number of nitrogens with zero attached hydrogens (tertiary/aromatic N) is 1. The van der Waals surface area contributed by atoms with Gasteiger partial charge in [0.1, 0.15) is 0 Å². The van der Waals surface area contributed by atoms with E-state index in [1.165, 1.54) is 18.3 Å². The van der Waals surface area contributed by atoms with Crippen molar-refractivity contribution in [1.29, 1.82) is 0 Å². The topological polar surface area (TPSA) is 77.0 Å². The van der Waals surface area contributed by atoms with Crippen LogP contribution in [0.25, 0.3) is 0 Å². The first-order valence-corrected chi connectivity index (χ1v) is 10.5. The molecule has 0 unspecified atom stereocenters. The molecule has 1 amide bonds. The molecule has 0 aliphatic heterocycles. The second kappa shape index (κ2) is 10.8. The summed E-state index contributed by atoms with van der Waals surface area (Å²) in [7, 11) is 0. The zero-order valence-electron chi connectivity index (χ0n) is 17.4. The fourth-order valence-corrected chi connectivity index (χ4v) is 3.31. The third kappa shape index (κ3) is 5.87. The van der Waals surface area contributed by atoms with E-state index in [1.807, 2.05) is 26.0 Å². The van der Waals surface area contributed by atoms with Gasteiger partial charge in [-0.05, 0) is 67.4 Å². The van der Waals surface area contributed by atoms with Crippen molar-refractivity contribution in [2.45, 2.75) is 13.8 Å². The summed E-state index contributed by atoms with van der Waals surface area (Å²) >= 11 is 12.0. The van der Waals surface area contributed by atoms with Crippen LogP contribution in [0.4, 0.5) is 0 Å². The predicted molar refractivity (Wildman–Crippen MR) is 125 cm³/mol. The smallest absolute Gasteiger partial charge is 0.345 e. The van der Waals surface area contributed by atoms with E-state index in [-0.39, 0.29) is 22.2 Å². The van der Waals surface area contributed by atoms with Crippen LogP contribution in [0.5, 0.6) is 11.5 Å². The summed E-state index contributed by atoms with van der Waals surface area (Å²) in [5.74, 6) is -0.376. The maximum absolute atomic E-state index is 12.5. The Hall–Kier alpha value is -3.35. The second-order valence-corrected chi connectivity index (χ2v) is 7.51. The SMILES string of the molecule is CCOc1cc(/C=N\NC(=O)c2ccccc2C)ccc1OC(=O)c1ccc(Cl)cc1Cl. The molecule has 0 radical (unpaired) electrons. The lowest BCUT2D eigenvalue weighted by molar-refractivity contribution is 0.0728. The van der Waals surface area contributed by atoms with Crippen LogP contribution in [-0.4, -0.2) is 24.7 Å². The van der Waals surface area contributed by atoms with Crippen LogP contribution < -0.4 is 14.9 Å². The van der Waals surface area contributed by atoms with E-state index in [0.717, 1.165) is 5.56 Å². The second-order valence-electron chi connectivity index (χ2n) is 6.67. The Morgan fingerprint density at radius 1 is 1.00 bits per heavy atom. The predicted octanol–water partition coefficient (Wildman–Crippen LogP) is 5.68. The number of rotatable bonds is 7. The summed E-state index contributed by atoms with van der Waals surface area (Å²) in [6.07, 6.45) is 1.47. The van der Waals surface area contributed by atoms with Crippen molar-refractivity contribution in [3.63, 3.8) is 0 Å². The van der Waals surface area contributed by atoms with E-state index in [0.29, 0.717) is 28.5 Å². The largest absolute Gasteiger partial charge is 0.490 e. The zero-order chi connectivity index (χ0) is 23.1. The fourth-order valence-electron chi connectivity index (χ4n) is 2.82. The normalized spacial score (nSPS) is 10.8. The van der Waals surface area contributed by atoms with Crippen molar-refractivity contribution in [2.75, 3.05) is 6.61 Å². The molecule has 3 aromatic carbocycles. The fraction of sp³-hybridized carbons (Fsp3) is 0.125. The highest BCUT2D eigenvalue weighted by atomic mass is 35.5. The molecule has 3 aromatic rings. The average Bonchev–Trinajstić information content (AvgIpc) is 2.75. The number of aryl methyl sites for hydroxylation is 1. The van der Waals surface area contributed by atoms with Crippen LogP contribution in [0.1, 0.15) is 38.8 Å². The van der Waals surface area contributed by atoms with E-state index in [1.54, 1.807) is 36.4 Å². The van der Waals surface area contributed by atoms with E-state index in [9.17, 15) is 9.59 Å². The van der Waals surface area contributed by atoms with Crippen LogP contribution in [0.3, 0.4) is 0 Å². The van der Waals surface area contributed by atoms with Gasteiger partial charge in [0.05, 0.1) is 23.4 Å². The highest BCUT2D eigenvalue weighted by molar-refractivity contribution is 6.36. The standard InChI is InChI=1S/C24H20Cl2N2O4/c1-3-31-22-12-16(14-27-28-23(29)18-7-5-4-6-15(18)2)8-11-21(22)32-24(30)19-10-9-17(25)13-20(19)26/h4-14H,3H2,1-2H3,(H,28,29)/b27-14-. The molecule has 0 heterocycles. The lowest BCUT2D eigenvalue weighted by Crippen LogP contribution is -2.18. The third-order valence-electron chi connectivity index (χ3n) is 4.39. The number of carbonyl (C=O) groups excluding carboxylic acids is 2. The number of benzene rings is 3. The minimum absolute atomic E-state index is 0.183. The van der Waals surface area contributed by atoms with Gasteiger partial charge in [-0.25, -0.2) is 10.2 Å². The molecule has 0 bridgehead atoms. The summed E-state index contributed by atoms with van der Waals surface area (Å²) in [4.78, 5) is 24.8. The molecule has 0 fully saturated rings. The first kappa shape index (κ1) is 23.3. The van der Waals surface area contributed by atoms with Gasteiger partial charge in [0.25, 0.3) is 5.91 Å². The van der Waals surface area contributed by atoms with Crippen LogP contribution >= 0.6 is 23.2 Å². The number of hydrogen-bond acceptors (Lipinski definition) is 5. The number of ether oxygens (including phenoxy) is 2. The van der Waals surface area contributed by atoms with E-state index in [4.69, 9.17) is 32.7 Å². The van der Waals surface area contributed by atoms with Crippen molar-refractivity contribution in [3.8, 4) is 11.5 Å². The Morgan fingerprint density at radius 2 is 1.78 bits per heavy atom. The Labute approximate surface area is 195 Å². The molecule has 0 aliphatic carbocycles. The summed E-state index contributed by atoms with van der Waals surface area (Å²) in [5.41, 5.74) is 4.72. The molecule has 8 heteroatoms. The van der Waals surface area contributed by atoms with Gasteiger partial charge in [-0.15, -0.1) is 0 Å². The number of hydrogen-bond donors (Lipinski definition) is 1. The van der Waals surface area contributed by atoms with Crippen molar-refractivity contribution < 1.29 is 19.1 Å². The summed E-state index contributed by atoms with van der Waals surface area (Å²) < 4.78 is 11.1. The lowest BCUT2D eigenvalue weighted by Gasteiger charge is -2.12. The summed E-state index contributed by atoms with van der Waals surface area (Å²) in [6, 6.07) is 16.6. The van der Waals surface area contributed by atoms with Crippen LogP contribution in [0.2, 0.25) is 10.0 Å². The quantitative estimate of drug-likeness (QED) is 0.208. The summed E-state index contributed by atoms with van der Waals surface area (Å²) in [5, 5.41) is 4.61. The minimum Gasteiger partial charge on any atom is -0.490 e. The van der Waals surface area contributed by atoms with Gasteiger partial charge in [0.15, 0.2) is 11.5 Å². The van der Waals surface area contributed by atoms with Crippen LogP contribution in [0, 0.1) is 6.92 Å². The molecule has 1 N–H and O–H groups in total. The van der Waals surface area contributed by atoms with Gasteiger partial charge in [-0.1, -0.05) is 41.4 Å². The first-order chi connectivity index (χ1) is 15.4. The summed E-state index contributed by atoms with van der Waals surface area (Å²) in [6.45, 7) is 4.02. The molecule has 0 atom stereocenters. The number of hydrazone groups is 1. The Kier molecular flexibility index (Phi) is 7.87. The van der Waals surface area contributed by atoms with Crippen LogP contribution in [-0.2, 0) is 0 Å². The van der Waals surface area contributed by atoms with Gasteiger partial charge in [-0.3, -0.25) is 4.79 Å². The number of halogens is 2. The molecule has 0 aliphatic rings. The number of nitrogens with one attached hydrogen (secondary N) is 1. The molecule has 0 saturated carbocycles. The molecule has 164 valence electrons. The first-order valence-electron chi connectivity index (χ1n) is 9.72. The van der Waals surface area contributed by atoms with Gasteiger partial charge >= 0.3 is 5.97 Å².